The molecule has 0 radical (unpaired) electrons. The molecule has 30 heavy (non-hydrogen) atoms. The van der Waals surface area contributed by atoms with E-state index in [1.165, 1.54) is 4.90 Å². The van der Waals surface area contributed by atoms with Gasteiger partial charge in [-0.3, -0.25) is 5.10 Å². The molecule has 152 valence electrons. The Morgan fingerprint density at radius 3 is 2.70 bits per heavy atom. The molecule has 2 saturated heterocycles. The van der Waals surface area contributed by atoms with Crippen molar-refractivity contribution in [1.82, 2.24) is 30.7 Å². The van der Waals surface area contributed by atoms with Gasteiger partial charge in [-0.05, 0) is 37.8 Å². The van der Waals surface area contributed by atoms with Gasteiger partial charge in [0.25, 0.3) is 0 Å². The van der Waals surface area contributed by atoms with Gasteiger partial charge in [0.2, 0.25) is 0 Å². The summed E-state index contributed by atoms with van der Waals surface area (Å²) in [5.41, 5.74) is 6.31. The molecule has 2 bridgehead atoms. The predicted octanol–water partition coefficient (Wildman–Crippen LogP) is 3.86. The van der Waals surface area contributed by atoms with Crippen LogP contribution >= 0.6 is 11.3 Å². The Morgan fingerprint density at radius 2 is 1.97 bits per heavy atom. The first-order valence-electron chi connectivity index (χ1n) is 11.7. The molecule has 5 heterocycles. The van der Waals surface area contributed by atoms with Crippen LogP contribution < -0.4 is 10.2 Å². The van der Waals surface area contributed by atoms with Crippen LogP contribution in [0.25, 0.3) is 32.6 Å². The van der Waals surface area contributed by atoms with Crippen molar-refractivity contribution in [3.63, 3.8) is 0 Å². The smallest absolute Gasteiger partial charge is 0.151 e. The molecule has 3 aromatic heterocycles. The highest BCUT2D eigenvalue weighted by molar-refractivity contribution is 7.17. The highest BCUT2D eigenvalue weighted by Crippen LogP contribution is 2.37. The van der Waals surface area contributed by atoms with Crippen LogP contribution in [0.15, 0.2) is 42.2 Å². The normalized spacial score (nSPS) is 25.1. The fraction of sp³-hybridized carbons (Fsp3) is 0.364. The van der Waals surface area contributed by atoms with Crippen molar-refractivity contribution in [1.29, 1.82) is 0 Å². The van der Waals surface area contributed by atoms with Crippen molar-refractivity contribution < 1.29 is 4.11 Å². The molecule has 7 nitrogen and oxygen atoms in total. The fourth-order valence-electron chi connectivity index (χ4n) is 4.81. The van der Waals surface area contributed by atoms with E-state index in [9.17, 15) is 0 Å². The van der Waals surface area contributed by atoms with Crippen LogP contribution in [-0.4, -0.2) is 50.5 Å². The number of rotatable bonds is 4. The van der Waals surface area contributed by atoms with E-state index in [1.54, 1.807) is 23.6 Å². The van der Waals surface area contributed by atoms with Crippen LogP contribution in [0.5, 0.6) is 0 Å². The summed E-state index contributed by atoms with van der Waals surface area (Å²) in [5.74, 6) is 0.403. The van der Waals surface area contributed by atoms with Crippen LogP contribution in [0.2, 0.25) is 0 Å². The van der Waals surface area contributed by atoms with Gasteiger partial charge >= 0.3 is 0 Å². The minimum absolute atomic E-state index is 0.0705. The summed E-state index contributed by atoms with van der Waals surface area (Å²) in [5, 5.41) is 19.3. The van der Waals surface area contributed by atoms with E-state index < -0.39 is 6.98 Å². The molecule has 1 aromatic carbocycles. The van der Waals surface area contributed by atoms with Gasteiger partial charge < -0.3 is 10.2 Å². The molecule has 4 aromatic rings. The fourth-order valence-corrected chi connectivity index (χ4v) is 5.64. The number of aromatic nitrogens is 5. The molecule has 0 aliphatic carbocycles. The molecule has 0 saturated carbocycles. The lowest BCUT2D eigenvalue weighted by Gasteiger charge is -2.36. The Hall–Kier alpha value is -2.84. The maximum atomic E-state index is 8.17. The first kappa shape index (κ1) is 15.0. The van der Waals surface area contributed by atoms with Crippen molar-refractivity contribution in [3.8, 4) is 22.4 Å². The van der Waals surface area contributed by atoms with Gasteiger partial charge in [-0.15, -0.1) is 21.5 Å². The first-order valence-corrected chi connectivity index (χ1v) is 11.1. The van der Waals surface area contributed by atoms with Crippen LogP contribution in [-0.2, 0) is 0 Å². The van der Waals surface area contributed by atoms with E-state index in [4.69, 9.17) is 4.11 Å². The number of piperidine rings is 1. The number of H-pyrrole nitrogens is 1. The average Bonchev–Trinajstić information content (AvgIpc) is 3.54. The second-order valence-electron chi connectivity index (χ2n) is 8.09. The van der Waals surface area contributed by atoms with Crippen molar-refractivity contribution in [2.75, 3.05) is 11.9 Å². The summed E-state index contributed by atoms with van der Waals surface area (Å²) in [4.78, 5) is 6.06. The lowest BCUT2D eigenvalue weighted by Crippen LogP contribution is -2.47. The zero-order valence-electron chi connectivity index (χ0n) is 19.2. The van der Waals surface area contributed by atoms with E-state index >= 15 is 0 Å². The number of aromatic amines is 1. The Labute approximate surface area is 182 Å². The predicted molar refractivity (Wildman–Crippen MR) is 120 cm³/mol. The molecule has 2 N–H and O–H groups in total. The van der Waals surface area contributed by atoms with E-state index in [-0.39, 0.29) is 6.04 Å². The third-order valence-electron chi connectivity index (χ3n) is 6.28. The van der Waals surface area contributed by atoms with Crippen LogP contribution in [0.3, 0.4) is 0 Å². The second-order valence-corrected chi connectivity index (χ2v) is 8.94. The van der Waals surface area contributed by atoms with Crippen molar-refractivity contribution in [3.05, 3.63) is 42.2 Å². The molecule has 6 rings (SSSR count). The number of nitrogens with zero attached hydrogens (tertiary/aromatic N) is 5. The number of nitrogens with one attached hydrogen (secondary N) is 2. The van der Waals surface area contributed by atoms with Gasteiger partial charge in [-0.2, -0.15) is 5.10 Å². The Bertz CT molecular complexity index is 1260. The largest absolute Gasteiger partial charge is 0.355 e. The van der Waals surface area contributed by atoms with Crippen LogP contribution in [0.1, 0.15) is 29.8 Å². The SMILES string of the molecule is [2H]C([2H])([2H])N(c1ccc(-c2ccc(-c3cn[nH]c3)c3ncsc23)nn1)C1CC2CCC(C1)N2. The monoisotopic (exact) mass is 420 g/mol. The lowest BCUT2D eigenvalue weighted by atomic mass is 9.98. The number of fused-ring (bicyclic) bond motifs is 3. The lowest BCUT2D eigenvalue weighted by molar-refractivity contribution is 0.353. The summed E-state index contributed by atoms with van der Waals surface area (Å²) in [6, 6.07) is 8.38. The summed E-state index contributed by atoms with van der Waals surface area (Å²) in [6.07, 6.45) is 7.47. The number of hydrogen-bond acceptors (Lipinski definition) is 7. The molecule has 2 unspecified atom stereocenters. The van der Waals surface area contributed by atoms with Crippen LogP contribution in [0, 0.1) is 0 Å². The molecule has 0 spiro atoms. The second kappa shape index (κ2) is 7.14. The molecule has 2 aliphatic heterocycles. The van der Waals surface area contributed by atoms with E-state index in [0.29, 0.717) is 23.6 Å². The van der Waals surface area contributed by atoms with Gasteiger partial charge in [0.05, 0.1) is 27.6 Å². The van der Waals surface area contributed by atoms with Crippen molar-refractivity contribution in [2.24, 2.45) is 0 Å². The minimum atomic E-state index is -2.27. The average molecular weight is 421 g/mol. The molecule has 2 aliphatic rings. The van der Waals surface area contributed by atoms with E-state index in [1.807, 2.05) is 29.9 Å². The summed E-state index contributed by atoms with van der Waals surface area (Å²) in [6.45, 7) is -2.27. The van der Waals surface area contributed by atoms with E-state index in [0.717, 1.165) is 52.6 Å². The van der Waals surface area contributed by atoms with Crippen molar-refractivity contribution in [2.45, 2.75) is 43.8 Å². The number of thiazole rings is 1. The molecule has 2 fully saturated rings. The standard InChI is InChI=1S/C22H23N7S/c1-29(16-8-14-2-3-15(9-16)26-14)20-7-6-19(27-28-20)18-5-4-17(13-10-24-25-11-13)21-22(18)30-12-23-21/h4-7,10-12,14-16,26H,2-3,8-9H2,1H3,(H,24,25)/i1D3. The molecule has 0 amide bonds. The quantitative estimate of drug-likeness (QED) is 0.522. The van der Waals surface area contributed by atoms with Gasteiger partial charge in [-0.1, -0.05) is 12.1 Å². The topological polar surface area (TPSA) is 82.6 Å². The highest BCUT2D eigenvalue weighted by atomic mass is 32.1. The van der Waals surface area contributed by atoms with Gasteiger partial charge in [0, 0.05) is 52.1 Å². The zero-order valence-corrected chi connectivity index (χ0v) is 17.1. The third-order valence-corrected chi connectivity index (χ3v) is 7.14. The molecule has 2 atom stereocenters. The molecular formula is C22H23N7S. The van der Waals surface area contributed by atoms with Crippen LogP contribution in [0.4, 0.5) is 5.82 Å². The maximum absolute atomic E-state index is 8.17. The van der Waals surface area contributed by atoms with Gasteiger partial charge in [0.1, 0.15) is 0 Å². The molecule has 8 heteroatoms. The van der Waals surface area contributed by atoms with Gasteiger partial charge in [-0.25, -0.2) is 4.98 Å². The minimum Gasteiger partial charge on any atom is -0.355 e. The Kier molecular flexibility index (Phi) is 3.58. The number of hydrogen-bond donors (Lipinski definition) is 2. The highest BCUT2D eigenvalue weighted by Gasteiger charge is 2.35. The number of anilines is 1. The van der Waals surface area contributed by atoms with E-state index in [2.05, 4.69) is 30.7 Å². The molecular weight excluding hydrogens is 394 g/mol. The Balaban J connectivity index is 1.34. The first-order chi connectivity index (χ1) is 16.0. The summed E-state index contributed by atoms with van der Waals surface area (Å²) >= 11 is 1.55. The number of benzene rings is 1. The van der Waals surface area contributed by atoms with Gasteiger partial charge in [0.15, 0.2) is 5.82 Å². The summed E-state index contributed by atoms with van der Waals surface area (Å²) < 4.78 is 25.5. The zero-order chi connectivity index (χ0) is 22.6. The van der Waals surface area contributed by atoms with Crippen molar-refractivity contribution >= 4 is 27.4 Å². The maximum Gasteiger partial charge on any atom is 0.151 e. The summed E-state index contributed by atoms with van der Waals surface area (Å²) in [7, 11) is 0. The third kappa shape index (κ3) is 2.98. The Morgan fingerprint density at radius 1 is 1.10 bits per heavy atom.